The van der Waals surface area contributed by atoms with Crippen molar-refractivity contribution in [2.75, 3.05) is 23.6 Å². The molecule has 178 valence electrons. The third kappa shape index (κ3) is 3.81. The number of nitrogens with zero attached hydrogens (tertiary/aromatic N) is 4. The lowest BCUT2D eigenvalue weighted by Gasteiger charge is -2.17. The molecule has 0 aliphatic carbocycles. The van der Waals surface area contributed by atoms with Gasteiger partial charge in [-0.1, -0.05) is 36.0 Å². The minimum absolute atomic E-state index is 0.142. The number of methoxy groups -OCH3 is 1. The summed E-state index contributed by atoms with van der Waals surface area (Å²) in [6.45, 7) is 8.67. The Kier molecular flexibility index (Phi) is 6.12. The van der Waals surface area contributed by atoms with Crippen molar-refractivity contribution < 1.29 is 9.53 Å². The average molecular weight is 505 g/mol. The molecule has 1 aromatic heterocycles. The van der Waals surface area contributed by atoms with E-state index in [0.29, 0.717) is 39.3 Å². The molecule has 0 unspecified atom stereocenters. The second kappa shape index (κ2) is 9.24. The smallest absolute Gasteiger partial charge is 0.283 e. The minimum atomic E-state index is -0.247. The number of amides is 1. The Morgan fingerprint density at radius 1 is 1.14 bits per heavy atom. The molecule has 2 aliphatic rings. The van der Waals surface area contributed by atoms with E-state index in [9.17, 15) is 9.59 Å². The van der Waals surface area contributed by atoms with Crippen LogP contribution in [0.15, 0.2) is 76.0 Å². The summed E-state index contributed by atoms with van der Waals surface area (Å²) in [6, 6.07) is 15.2. The van der Waals surface area contributed by atoms with Crippen molar-refractivity contribution in [3.05, 3.63) is 80.7 Å². The molecule has 0 bridgehead atoms. The van der Waals surface area contributed by atoms with Crippen molar-refractivity contribution in [1.82, 2.24) is 4.57 Å². The van der Waals surface area contributed by atoms with Crippen molar-refractivity contribution >= 4 is 56.7 Å². The average Bonchev–Trinajstić information content (AvgIpc) is 3.50. The molecule has 2 aromatic carbocycles. The van der Waals surface area contributed by atoms with Crippen molar-refractivity contribution in [3.8, 4) is 5.75 Å². The van der Waals surface area contributed by atoms with Gasteiger partial charge in [-0.25, -0.2) is 0 Å². The van der Waals surface area contributed by atoms with Crippen LogP contribution in [0.4, 0.5) is 11.4 Å². The van der Waals surface area contributed by atoms with Crippen LogP contribution in [0.5, 0.6) is 5.75 Å². The Hall–Kier alpha value is -3.56. The second-order valence-electron chi connectivity index (χ2n) is 7.94. The lowest BCUT2D eigenvalue weighted by atomic mass is 10.2. The van der Waals surface area contributed by atoms with Crippen LogP contribution in [-0.2, 0) is 11.3 Å². The molecule has 2 aliphatic heterocycles. The van der Waals surface area contributed by atoms with Crippen molar-refractivity contribution in [2.45, 2.75) is 25.3 Å². The monoisotopic (exact) mass is 504 g/mol. The third-order valence-electron chi connectivity index (χ3n) is 5.85. The van der Waals surface area contributed by atoms with Gasteiger partial charge in [0.2, 0.25) is 0 Å². The fraction of sp³-hybridized carbons (Fsp3) is 0.192. The molecule has 3 heterocycles. The van der Waals surface area contributed by atoms with Crippen molar-refractivity contribution in [3.63, 3.8) is 0 Å². The normalized spacial score (nSPS) is 18.1. The Labute approximate surface area is 210 Å². The summed E-state index contributed by atoms with van der Waals surface area (Å²) in [5, 5.41) is 6.76. The van der Waals surface area contributed by atoms with Crippen LogP contribution in [0, 0.1) is 0 Å². The van der Waals surface area contributed by atoms with Gasteiger partial charge in [0.15, 0.2) is 0 Å². The van der Waals surface area contributed by atoms with E-state index in [1.807, 2.05) is 48.5 Å². The number of ether oxygens (including phenoxy) is 1. The van der Waals surface area contributed by atoms with Crippen molar-refractivity contribution in [2.24, 2.45) is 5.10 Å². The SMILES string of the molecule is C=CCn1c(=C2C(=O)N(c3ccccc3)N=C2C)sc(=C2Sc3ccc(OC)cc3N2CC)c1=O. The maximum Gasteiger partial charge on any atom is 0.283 e. The Morgan fingerprint density at radius 3 is 2.60 bits per heavy atom. The number of rotatable bonds is 5. The number of aromatic nitrogens is 1. The molecule has 0 N–H and O–H groups in total. The van der Waals surface area contributed by atoms with Gasteiger partial charge in [0.25, 0.3) is 11.5 Å². The zero-order valence-electron chi connectivity index (χ0n) is 19.6. The van der Waals surface area contributed by atoms with Gasteiger partial charge in [-0.15, -0.1) is 17.9 Å². The molecule has 9 heteroatoms. The third-order valence-corrected chi connectivity index (χ3v) is 8.35. The molecule has 0 saturated carbocycles. The number of hydrogen-bond donors (Lipinski definition) is 0. The highest BCUT2D eigenvalue weighted by molar-refractivity contribution is 8.08. The number of thiazole rings is 1. The quantitative estimate of drug-likeness (QED) is 0.499. The van der Waals surface area contributed by atoms with Gasteiger partial charge < -0.3 is 9.64 Å². The molecule has 0 fully saturated rings. The number of allylic oxidation sites excluding steroid dienone is 1. The Morgan fingerprint density at radius 2 is 1.91 bits per heavy atom. The van der Waals surface area contributed by atoms with E-state index in [1.54, 1.807) is 36.4 Å². The number of carbonyl (C=O) groups excluding carboxylic acids is 1. The van der Waals surface area contributed by atoms with E-state index in [1.165, 1.54) is 16.3 Å². The fourth-order valence-corrected chi connectivity index (χ4v) is 6.77. The minimum Gasteiger partial charge on any atom is -0.497 e. The summed E-state index contributed by atoms with van der Waals surface area (Å²) in [4.78, 5) is 30.4. The van der Waals surface area contributed by atoms with E-state index in [4.69, 9.17) is 4.74 Å². The number of benzene rings is 2. The van der Waals surface area contributed by atoms with E-state index in [-0.39, 0.29) is 11.5 Å². The number of hydrogen-bond acceptors (Lipinski definition) is 7. The van der Waals surface area contributed by atoms with Crippen LogP contribution in [0.25, 0.3) is 10.6 Å². The molecule has 3 aromatic rings. The highest BCUT2D eigenvalue weighted by Gasteiger charge is 2.32. The molecule has 35 heavy (non-hydrogen) atoms. The number of hydrazone groups is 1. The van der Waals surface area contributed by atoms with Crippen LogP contribution < -0.4 is 29.4 Å². The lowest BCUT2D eigenvalue weighted by Crippen LogP contribution is -2.35. The molecule has 0 radical (unpaired) electrons. The van der Waals surface area contributed by atoms with Gasteiger partial charge in [-0.05, 0) is 38.1 Å². The summed E-state index contributed by atoms with van der Waals surface area (Å²) >= 11 is 2.89. The molecular formula is C26H24N4O3S2. The Bertz CT molecular complexity index is 1550. The number of fused-ring (bicyclic) bond motifs is 1. The second-order valence-corrected chi connectivity index (χ2v) is 9.97. The lowest BCUT2D eigenvalue weighted by molar-refractivity contribution is -0.112. The molecule has 1 amide bonds. The van der Waals surface area contributed by atoms with Gasteiger partial charge in [-0.2, -0.15) is 10.1 Å². The van der Waals surface area contributed by atoms with E-state index >= 15 is 0 Å². The topological polar surface area (TPSA) is 67.1 Å². The first kappa shape index (κ1) is 23.2. The first-order valence-electron chi connectivity index (χ1n) is 11.2. The van der Waals surface area contributed by atoms with Gasteiger partial charge in [-0.3, -0.25) is 14.2 Å². The summed E-state index contributed by atoms with van der Waals surface area (Å²) in [5.41, 5.74) is 2.57. The van der Waals surface area contributed by atoms with Gasteiger partial charge in [0.05, 0.1) is 29.8 Å². The largest absolute Gasteiger partial charge is 0.497 e. The maximum atomic E-state index is 13.7. The van der Waals surface area contributed by atoms with Crippen LogP contribution in [-0.4, -0.2) is 29.8 Å². The molecule has 0 atom stereocenters. The summed E-state index contributed by atoms with van der Waals surface area (Å²) in [5.74, 6) is 0.517. The van der Waals surface area contributed by atoms with Crippen LogP contribution >= 0.6 is 23.1 Å². The van der Waals surface area contributed by atoms with Gasteiger partial charge >= 0.3 is 0 Å². The van der Waals surface area contributed by atoms with Crippen LogP contribution in [0.1, 0.15) is 13.8 Å². The van der Waals surface area contributed by atoms with Crippen molar-refractivity contribution in [1.29, 1.82) is 0 Å². The number of carbonyl (C=O) groups is 1. The summed E-state index contributed by atoms with van der Waals surface area (Å²) in [7, 11) is 1.64. The predicted molar refractivity (Wildman–Crippen MR) is 144 cm³/mol. The molecule has 5 rings (SSSR count). The maximum absolute atomic E-state index is 13.7. The van der Waals surface area contributed by atoms with Crippen LogP contribution in [0.3, 0.4) is 0 Å². The highest BCUT2D eigenvalue weighted by atomic mass is 32.2. The predicted octanol–water partition coefficient (Wildman–Crippen LogP) is 3.38. The first-order valence-corrected chi connectivity index (χ1v) is 12.8. The summed E-state index contributed by atoms with van der Waals surface area (Å²) in [6.07, 6.45) is 1.67. The Balaban J connectivity index is 1.74. The zero-order chi connectivity index (χ0) is 24.7. The molecule has 0 spiro atoms. The number of thioether (sulfide) groups is 1. The highest BCUT2D eigenvalue weighted by Crippen LogP contribution is 2.47. The fourth-order valence-electron chi connectivity index (χ4n) is 4.20. The van der Waals surface area contributed by atoms with Gasteiger partial charge in [0, 0.05) is 24.1 Å². The van der Waals surface area contributed by atoms with Crippen LogP contribution in [0.2, 0.25) is 0 Å². The van der Waals surface area contributed by atoms with E-state index < -0.39 is 0 Å². The number of anilines is 2. The zero-order valence-corrected chi connectivity index (χ0v) is 21.3. The molecular weight excluding hydrogens is 480 g/mol. The first-order chi connectivity index (χ1) is 17.0. The summed E-state index contributed by atoms with van der Waals surface area (Å²) < 4.78 is 8.22. The number of para-hydroxylation sites is 1. The molecule has 7 nitrogen and oxygen atoms in total. The van der Waals surface area contributed by atoms with Gasteiger partial charge in [0.1, 0.15) is 20.0 Å². The van der Waals surface area contributed by atoms with E-state index in [0.717, 1.165) is 21.4 Å². The standard InChI is InChI=1S/C26H24N4O3S2/c1-5-14-29-24(32)22(26-28(6-2)19-15-18(33-4)12-13-20(19)34-26)35-25(29)21-16(3)27-30(23(21)31)17-10-8-7-9-11-17/h5,7-13,15H,1,6,14H2,2-4H3. The van der Waals surface area contributed by atoms with E-state index in [2.05, 4.69) is 23.5 Å². The molecule has 0 saturated heterocycles.